The number of ether oxygens (including phenoxy) is 1. The zero-order valence-corrected chi connectivity index (χ0v) is 12.2. The number of anilines is 1. The predicted molar refractivity (Wildman–Crippen MR) is 84.2 cm³/mol. The van der Waals surface area contributed by atoms with Gasteiger partial charge in [0.1, 0.15) is 17.3 Å². The van der Waals surface area contributed by atoms with Gasteiger partial charge in [0.2, 0.25) is 0 Å². The molecule has 21 heavy (non-hydrogen) atoms. The second-order valence-corrected chi connectivity index (χ2v) is 4.89. The molecule has 0 spiro atoms. The Bertz CT molecular complexity index is 779. The van der Waals surface area contributed by atoms with Crippen LogP contribution in [-0.4, -0.2) is 21.6 Å². The molecule has 0 saturated heterocycles. The van der Waals surface area contributed by atoms with Crippen molar-refractivity contribution in [3.63, 3.8) is 0 Å². The number of nitrogens with zero attached hydrogens (tertiary/aromatic N) is 3. The summed E-state index contributed by atoms with van der Waals surface area (Å²) in [4.78, 5) is 9.10. The normalized spacial score (nSPS) is 11.0. The van der Waals surface area contributed by atoms with Crippen LogP contribution in [0.2, 0.25) is 0 Å². The van der Waals surface area contributed by atoms with Crippen LogP contribution in [0, 0.1) is 0 Å². The van der Waals surface area contributed by atoms with Gasteiger partial charge in [0.15, 0.2) is 5.82 Å². The van der Waals surface area contributed by atoms with E-state index in [4.69, 9.17) is 15.5 Å². The summed E-state index contributed by atoms with van der Waals surface area (Å²) < 4.78 is 7.45. The maximum atomic E-state index is 5.79. The Hall–Kier alpha value is -2.56. The third-order valence-electron chi connectivity index (χ3n) is 3.40. The summed E-state index contributed by atoms with van der Waals surface area (Å²) in [6.07, 6.45) is 1.02. The third kappa shape index (κ3) is 2.42. The van der Waals surface area contributed by atoms with E-state index in [0.29, 0.717) is 5.82 Å². The first-order chi connectivity index (χ1) is 10.2. The molecule has 0 unspecified atom stereocenters. The molecule has 5 heteroatoms. The lowest BCUT2D eigenvalue weighted by Gasteiger charge is -2.07. The highest BCUT2D eigenvalue weighted by Gasteiger charge is 2.14. The molecule has 1 aromatic carbocycles. The van der Waals surface area contributed by atoms with Gasteiger partial charge in [0.05, 0.1) is 18.1 Å². The fourth-order valence-electron chi connectivity index (χ4n) is 2.46. The summed E-state index contributed by atoms with van der Waals surface area (Å²) in [5.41, 5.74) is 8.57. The number of nitrogens with two attached hydrogens (primary N) is 1. The average Bonchev–Trinajstić information content (AvgIpc) is 2.85. The minimum Gasteiger partial charge on any atom is -0.497 e. The number of aryl methyl sites for hydroxylation is 1. The molecule has 108 valence electrons. The summed E-state index contributed by atoms with van der Waals surface area (Å²) >= 11 is 0. The minimum atomic E-state index is 0.500. The molecule has 2 heterocycles. The number of hydrogen-bond donors (Lipinski definition) is 1. The van der Waals surface area contributed by atoms with Gasteiger partial charge < -0.3 is 15.0 Å². The number of benzene rings is 1. The third-order valence-corrected chi connectivity index (χ3v) is 3.40. The summed E-state index contributed by atoms with van der Waals surface area (Å²) in [6, 6.07) is 11.5. The van der Waals surface area contributed by atoms with E-state index < -0.39 is 0 Å². The molecular formula is C16H18N4O. The quantitative estimate of drug-likeness (QED) is 0.798. The number of fused-ring (bicyclic) bond motifs is 1. The molecule has 0 aliphatic carbocycles. The van der Waals surface area contributed by atoms with Gasteiger partial charge in [-0.25, -0.2) is 9.97 Å². The monoisotopic (exact) mass is 282 g/mol. The molecule has 0 radical (unpaired) electrons. The van der Waals surface area contributed by atoms with Crippen molar-refractivity contribution in [2.45, 2.75) is 19.9 Å². The van der Waals surface area contributed by atoms with E-state index in [1.54, 1.807) is 13.2 Å². The smallest absolute Gasteiger partial charge is 0.159 e. The lowest BCUT2D eigenvalue weighted by atomic mass is 10.3. The highest BCUT2D eigenvalue weighted by atomic mass is 16.5. The standard InChI is InChI=1S/C16H18N4O/c1-3-9-20-14-8-7-11(21-2)10-13(14)19-16(20)12-5-4-6-15(17)18-12/h4-8,10H,3,9H2,1-2H3,(H2,17,18). The Morgan fingerprint density at radius 2 is 2.05 bits per heavy atom. The zero-order valence-electron chi connectivity index (χ0n) is 12.2. The van der Waals surface area contributed by atoms with Gasteiger partial charge >= 0.3 is 0 Å². The van der Waals surface area contributed by atoms with Gasteiger partial charge in [-0.05, 0) is 30.7 Å². The van der Waals surface area contributed by atoms with E-state index in [-0.39, 0.29) is 0 Å². The molecule has 0 fully saturated rings. The molecular weight excluding hydrogens is 264 g/mol. The largest absolute Gasteiger partial charge is 0.497 e. The highest BCUT2D eigenvalue weighted by molar-refractivity contribution is 5.81. The average molecular weight is 282 g/mol. The van der Waals surface area contributed by atoms with Gasteiger partial charge in [-0.3, -0.25) is 0 Å². The Balaban J connectivity index is 2.23. The van der Waals surface area contributed by atoms with Crippen molar-refractivity contribution < 1.29 is 4.74 Å². The number of imidazole rings is 1. The molecule has 0 aliphatic rings. The van der Waals surface area contributed by atoms with Gasteiger partial charge in [0.25, 0.3) is 0 Å². The second kappa shape index (κ2) is 5.44. The Labute approximate surface area is 123 Å². The summed E-state index contributed by atoms with van der Waals surface area (Å²) in [7, 11) is 1.66. The molecule has 3 rings (SSSR count). The number of pyridine rings is 1. The molecule has 0 amide bonds. The number of aromatic nitrogens is 3. The van der Waals surface area contributed by atoms with E-state index in [2.05, 4.69) is 16.5 Å². The van der Waals surface area contributed by atoms with Gasteiger partial charge in [0, 0.05) is 12.6 Å². The minimum absolute atomic E-state index is 0.500. The summed E-state index contributed by atoms with van der Waals surface area (Å²) in [5, 5.41) is 0. The van der Waals surface area contributed by atoms with Crippen LogP contribution >= 0.6 is 0 Å². The maximum absolute atomic E-state index is 5.79. The fraction of sp³-hybridized carbons (Fsp3) is 0.250. The molecule has 3 aromatic rings. The van der Waals surface area contributed by atoms with Crippen LogP contribution in [0.1, 0.15) is 13.3 Å². The van der Waals surface area contributed by atoms with Crippen LogP contribution in [-0.2, 0) is 6.54 Å². The summed E-state index contributed by atoms with van der Waals surface area (Å²) in [5.74, 6) is 2.14. The van der Waals surface area contributed by atoms with E-state index in [1.165, 1.54) is 0 Å². The zero-order chi connectivity index (χ0) is 14.8. The van der Waals surface area contributed by atoms with Crippen LogP contribution in [0.5, 0.6) is 5.75 Å². The number of rotatable bonds is 4. The van der Waals surface area contributed by atoms with E-state index in [1.807, 2.05) is 30.3 Å². The fourth-order valence-corrected chi connectivity index (χ4v) is 2.46. The van der Waals surface area contributed by atoms with Gasteiger partial charge in [-0.2, -0.15) is 0 Å². The summed E-state index contributed by atoms with van der Waals surface area (Å²) in [6.45, 7) is 3.03. The van der Waals surface area contributed by atoms with Crippen LogP contribution < -0.4 is 10.5 Å². The lowest BCUT2D eigenvalue weighted by Crippen LogP contribution is -2.01. The van der Waals surface area contributed by atoms with Crippen molar-refractivity contribution in [3.05, 3.63) is 36.4 Å². The van der Waals surface area contributed by atoms with E-state index >= 15 is 0 Å². The predicted octanol–water partition coefficient (Wildman–Crippen LogP) is 3.10. The molecule has 0 bridgehead atoms. The van der Waals surface area contributed by atoms with E-state index in [0.717, 1.165) is 41.3 Å². The Morgan fingerprint density at radius 3 is 2.76 bits per heavy atom. The first kappa shape index (κ1) is 13.4. The van der Waals surface area contributed by atoms with Crippen molar-refractivity contribution in [2.24, 2.45) is 0 Å². The lowest BCUT2D eigenvalue weighted by molar-refractivity contribution is 0.415. The SMILES string of the molecule is CCCn1c(-c2cccc(N)n2)nc2cc(OC)ccc21. The molecule has 2 aromatic heterocycles. The molecule has 0 saturated carbocycles. The number of hydrogen-bond acceptors (Lipinski definition) is 4. The van der Waals surface area contributed by atoms with Crippen molar-refractivity contribution in [1.82, 2.24) is 14.5 Å². The first-order valence-corrected chi connectivity index (χ1v) is 7.00. The van der Waals surface area contributed by atoms with Gasteiger partial charge in [-0.15, -0.1) is 0 Å². The molecule has 5 nitrogen and oxygen atoms in total. The second-order valence-electron chi connectivity index (χ2n) is 4.89. The van der Waals surface area contributed by atoms with Crippen molar-refractivity contribution in [3.8, 4) is 17.3 Å². The van der Waals surface area contributed by atoms with Crippen LogP contribution in [0.4, 0.5) is 5.82 Å². The molecule has 2 N–H and O–H groups in total. The van der Waals surface area contributed by atoms with Crippen LogP contribution in [0.15, 0.2) is 36.4 Å². The Kier molecular flexibility index (Phi) is 3.48. The van der Waals surface area contributed by atoms with E-state index in [9.17, 15) is 0 Å². The van der Waals surface area contributed by atoms with Crippen LogP contribution in [0.25, 0.3) is 22.6 Å². The molecule has 0 atom stereocenters. The van der Waals surface area contributed by atoms with Crippen LogP contribution in [0.3, 0.4) is 0 Å². The topological polar surface area (TPSA) is 66.0 Å². The first-order valence-electron chi connectivity index (χ1n) is 7.00. The van der Waals surface area contributed by atoms with Crippen molar-refractivity contribution >= 4 is 16.9 Å². The number of nitrogen functional groups attached to an aromatic ring is 1. The molecule has 0 aliphatic heterocycles. The highest BCUT2D eigenvalue weighted by Crippen LogP contribution is 2.27. The Morgan fingerprint density at radius 1 is 1.19 bits per heavy atom. The van der Waals surface area contributed by atoms with Gasteiger partial charge in [-0.1, -0.05) is 13.0 Å². The maximum Gasteiger partial charge on any atom is 0.159 e. The van der Waals surface area contributed by atoms with Crippen molar-refractivity contribution in [2.75, 3.05) is 12.8 Å². The van der Waals surface area contributed by atoms with Crippen molar-refractivity contribution in [1.29, 1.82) is 0 Å². The number of methoxy groups -OCH3 is 1.